The van der Waals surface area contributed by atoms with Crippen LogP contribution in [0.15, 0.2) is 0 Å². The number of rotatable bonds is 3. The van der Waals surface area contributed by atoms with Crippen molar-refractivity contribution in [2.24, 2.45) is 23.7 Å². The summed E-state index contributed by atoms with van der Waals surface area (Å²) < 4.78 is 35.8. The van der Waals surface area contributed by atoms with Gasteiger partial charge in [-0.3, -0.25) is 0 Å². The molecule has 4 unspecified atom stereocenters. The molecular weight excluding hydrogens is 203 g/mol. The lowest BCUT2D eigenvalue weighted by molar-refractivity contribution is -0.133. The smallest absolute Gasteiger partial charge is 0.313 e. The standard InChI is InChI=1S/C11H16F3N/c12-11(13,14)3-4-15-10-8-6-1-2-7(5-6)9(8)10/h6-10,15H,1-5H2. The third-order valence-corrected chi connectivity index (χ3v) is 4.52. The van der Waals surface area contributed by atoms with E-state index in [1.165, 1.54) is 19.3 Å². The Hall–Kier alpha value is -0.250. The average Bonchev–Trinajstić information content (AvgIpc) is 2.55. The van der Waals surface area contributed by atoms with E-state index in [2.05, 4.69) is 5.32 Å². The Bertz CT molecular complexity index is 247. The van der Waals surface area contributed by atoms with Gasteiger partial charge in [0.05, 0.1) is 6.42 Å². The Balaban J connectivity index is 1.45. The second-order valence-electron chi connectivity index (χ2n) is 5.33. The highest BCUT2D eigenvalue weighted by Crippen LogP contribution is 2.65. The van der Waals surface area contributed by atoms with Crippen molar-refractivity contribution in [2.45, 2.75) is 37.9 Å². The van der Waals surface area contributed by atoms with Crippen molar-refractivity contribution in [1.29, 1.82) is 0 Å². The van der Waals surface area contributed by atoms with Crippen molar-refractivity contribution < 1.29 is 13.2 Å². The monoisotopic (exact) mass is 219 g/mol. The highest BCUT2D eigenvalue weighted by molar-refractivity contribution is 5.16. The maximum atomic E-state index is 11.9. The van der Waals surface area contributed by atoms with E-state index in [0.29, 0.717) is 6.04 Å². The van der Waals surface area contributed by atoms with E-state index in [9.17, 15) is 13.2 Å². The van der Waals surface area contributed by atoms with E-state index in [0.717, 1.165) is 23.7 Å². The zero-order valence-electron chi connectivity index (χ0n) is 8.56. The summed E-state index contributed by atoms with van der Waals surface area (Å²) in [5.41, 5.74) is 0. The Labute approximate surface area is 87.4 Å². The summed E-state index contributed by atoms with van der Waals surface area (Å²) >= 11 is 0. The van der Waals surface area contributed by atoms with E-state index in [4.69, 9.17) is 0 Å². The van der Waals surface area contributed by atoms with Gasteiger partial charge in [-0.2, -0.15) is 13.2 Å². The van der Waals surface area contributed by atoms with Gasteiger partial charge in [-0.25, -0.2) is 0 Å². The molecule has 0 aromatic heterocycles. The van der Waals surface area contributed by atoms with Gasteiger partial charge in [0.15, 0.2) is 0 Å². The topological polar surface area (TPSA) is 12.0 Å². The van der Waals surface area contributed by atoms with E-state index >= 15 is 0 Å². The van der Waals surface area contributed by atoms with Crippen LogP contribution in [0.2, 0.25) is 0 Å². The second kappa shape index (κ2) is 3.12. The second-order valence-corrected chi connectivity index (χ2v) is 5.33. The number of halogens is 3. The molecule has 3 fully saturated rings. The lowest BCUT2D eigenvalue weighted by Crippen LogP contribution is -2.27. The van der Waals surface area contributed by atoms with Gasteiger partial charge < -0.3 is 5.32 Å². The van der Waals surface area contributed by atoms with Crippen LogP contribution >= 0.6 is 0 Å². The van der Waals surface area contributed by atoms with Crippen molar-refractivity contribution in [3.05, 3.63) is 0 Å². The summed E-state index contributed by atoms with van der Waals surface area (Å²) in [6.45, 7) is 0.112. The fourth-order valence-corrected chi connectivity index (χ4v) is 3.98. The molecule has 4 atom stereocenters. The van der Waals surface area contributed by atoms with Crippen LogP contribution in [0, 0.1) is 23.7 Å². The summed E-state index contributed by atoms with van der Waals surface area (Å²) in [6, 6.07) is 0.429. The van der Waals surface area contributed by atoms with Gasteiger partial charge >= 0.3 is 6.18 Å². The largest absolute Gasteiger partial charge is 0.390 e. The van der Waals surface area contributed by atoms with Crippen LogP contribution in [0.4, 0.5) is 13.2 Å². The van der Waals surface area contributed by atoms with E-state index in [-0.39, 0.29) is 6.54 Å². The molecule has 0 amide bonds. The average molecular weight is 219 g/mol. The van der Waals surface area contributed by atoms with E-state index in [1.807, 2.05) is 0 Å². The third kappa shape index (κ3) is 1.67. The molecule has 0 heterocycles. The Morgan fingerprint density at radius 3 is 2.20 bits per heavy atom. The highest BCUT2D eigenvalue weighted by Gasteiger charge is 2.64. The molecule has 15 heavy (non-hydrogen) atoms. The maximum Gasteiger partial charge on any atom is 0.390 e. The molecule has 3 aliphatic carbocycles. The molecule has 0 aromatic rings. The van der Waals surface area contributed by atoms with Crippen molar-refractivity contribution in [3.8, 4) is 0 Å². The van der Waals surface area contributed by atoms with Gasteiger partial charge in [0.25, 0.3) is 0 Å². The van der Waals surface area contributed by atoms with Crippen LogP contribution in [0.1, 0.15) is 25.7 Å². The number of hydrogen-bond donors (Lipinski definition) is 1. The molecule has 3 saturated carbocycles. The Morgan fingerprint density at radius 1 is 1.07 bits per heavy atom. The van der Waals surface area contributed by atoms with E-state index in [1.54, 1.807) is 0 Å². The van der Waals surface area contributed by atoms with Gasteiger partial charge in [0.1, 0.15) is 0 Å². The molecular formula is C11H16F3N. The molecule has 0 radical (unpaired) electrons. The Morgan fingerprint density at radius 2 is 1.67 bits per heavy atom. The first kappa shape index (κ1) is 9.94. The van der Waals surface area contributed by atoms with Crippen LogP contribution in [0.5, 0.6) is 0 Å². The normalized spacial score (nSPS) is 47.0. The van der Waals surface area contributed by atoms with Crippen LogP contribution in [-0.2, 0) is 0 Å². The van der Waals surface area contributed by atoms with Crippen LogP contribution in [-0.4, -0.2) is 18.8 Å². The first-order valence-corrected chi connectivity index (χ1v) is 5.86. The summed E-state index contributed by atoms with van der Waals surface area (Å²) in [6.07, 6.45) is -0.687. The predicted octanol–water partition coefficient (Wildman–Crippen LogP) is 2.57. The lowest BCUT2D eigenvalue weighted by atomic mass is 10.0. The molecule has 1 nitrogen and oxygen atoms in total. The molecule has 0 saturated heterocycles. The fourth-order valence-electron chi connectivity index (χ4n) is 3.98. The van der Waals surface area contributed by atoms with Gasteiger partial charge in [-0.1, -0.05) is 0 Å². The minimum Gasteiger partial charge on any atom is -0.313 e. The van der Waals surface area contributed by atoms with E-state index < -0.39 is 12.6 Å². The van der Waals surface area contributed by atoms with Crippen LogP contribution in [0.3, 0.4) is 0 Å². The van der Waals surface area contributed by atoms with Crippen molar-refractivity contribution in [3.63, 3.8) is 0 Å². The molecule has 2 bridgehead atoms. The maximum absolute atomic E-state index is 11.9. The van der Waals surface area contributed by atoms with Gasteiger partial charge in [0, 0.05) is 12.6 Å². The molecule has 3 rings (SSSR count). The van der Waals surface area contributed by atoms with Crippen LogP contribution < -0.4 is 5.32 Å². The van der Waals surface area contributed by atoms with Crippen molar-refractivity contribution in [2.75, 3.05) is 6.54 Å². The van der Waals surface area contributed by atoms with Gasteiger partial charge in [0.2, 0.25) is 0 Å². The first-order chi connectivity index (χ1) is 7.06. The third-order valence-electron chi connectivity index (χ3n) is 4.52. The first-order valence-electron chi connectivity index (χ1n) is 5.86. The quantitative estimate of drug-likeness (QED) is 0.769. The molecule has 0 aromatic carbocycles. The van der Waals surface area contributed by atoms with Crippen molar-refractivity contribution in [1.82, 2.24) is 5.32 Å². The summed E-state index contributed by atoms with van der Waals surface area (Å²) in [4.78, 5) is 0. The number of nitrogens with one attached hydrogen (secondary N) is 1. The molecule has 0 aliphatic heterocycles. The summed E-state index contributed by atoms with van der Waals surface area (Å²) in [7, 11) is 0. The minimum absolute atomic E-state index is 0.112. The zero-order chi connectivity index (χ0) is 10.6. The van der Waals surface area contributed by atoms with Crippen LogP contribution in [0.25, 0.3) is 0 Å². The molecule has 3 aliphatic rings. The predicted molar refractivity (Wildman–Crippen MR) is 50.3 cm³/mol. The SMILES string of the molecule is FC(F)(F)CCNC1C2C3CCC(C3)C12. The Kier molecular flexibility index (Phi) is 2.07. The number of hydrogen-bond acceptors (Lipinski definition) is 1. The molecule has 1 N–H and O–H groups in total. The summed E-state index contributed by atoms with van der Waals surface area (Å²) in [5, 5.41) is 3.10. The van der Waals surface area contributed by atoms with Gasteiger partial charge in [-0.05, 0) is 42.9 Å². The number of fused-ring (bicyclic) bond motifs is 5. The minimum atomic E-state index is -4.00. The zero-order valence-corrected chi connectivity index (χ0v) is 8.56. The summed E-state index contributed by atoms with van der Waals surface area (Å²) in [5.74, 6) is 3.14. The highest BCUT2D eigenvalue weighted by atomic mass is 19.4. The number of alkyl halides is 3. The molecule has 0 spiro atoms. The fraction of sp³-hybridized carbons (Fsp3) is 1.00. The molecule has 4 heteroatoms. The lowest BCUT2D eigenvalue weighted by Gasteiger charge is -2.11. The van der Waals surface area contributed by atoms with Gasteiger partial charge in [-0.15, -0.1) is 0 Å². The molecule has 86 valence electrons. The van der Waals surface area contributed by atoms with Crippen molar-refractivity contribution >= 4 is 0 Å².